The zero-order valence-corrected chi connectivity index (χ0v) is 10.8. The third kappa shape index (κ3) is 3.14. The topological polar surface area (TPSA) is 21.3 Å². The number of hydrogen-bond acceptors (Lipinski definition) is 3. The lowest BCUT2D eigenvalue weighted by molar-refractivity contribution is 0.415. The van der Waals surface area contributed by atoms with Gasteiger partial charge in [-0.15, -0.1) is 0 Å². The smallest absolute Gasteiger partial charge is 0.119 e. The van der Waals surface area contributed by atoms with Crippen LogP contribution in [0.5, 0.6) is 5.75 Å². The van der Waals surface area contributed by atoms with Crippen LogP contribution in [-0.2, 0) is 6.42 Å². The van der Waals surface area contributed by atoms with Crippen LogP contribution >= 0.6 is 12.6 Å². The maximum Gasteiger partial charge on any atom is 0.119 e. The van der Waals surface area contributed by atoms with Gasteiger partial charge in [-0.05, 0) is 41.4 Å². The van der Waals surface area contributed by atoms with Crippen LogP contribution in [0.15, 0.2) is 36.4 Å². The SMILES string of the molecule is COc1ccc2cc(CCNCS)ccc2c1. The number of nitrogens with one attached hydrogen (secondary N) is 1. The fraction of sp³-hybridized carbons (Fsp3) is 0.286. The van der Waals surface area contributed by atoms with Crippen molar-refractivity contribution in [3.05, 3.63) is 42.0 Å². The molecule has 2 nitrogen and oxygen atoms in total. The number of methoxy groups -OCH3 is 1. The molecule has 2 rings (SSSR count). The van der Waals surface area contributed by atoms with Crippen molar-refractivity contribution in [1.82, 2.24) is 5.32 Å². The number of hydrogen-bond donors (Lipinski definition) is 2. The summed E-state index contributed by atoms with van der Waals surface area (Å²) in [6.45, 7) is 0.963. The van der Waals surface area contributed by atoms with Gasteiger partial charge < -0.3 is 10.1 Å². The summed E-state index contributed by atoms with van der Waals surface area (Å²) in [7, 11) is 1.69. The maximum absolute atomic E-state index is 5.21. The van der Waals surface area contributed by atoms with Crippen molar-refractivity contribution in [1.29, 1.82) is 0 Å². The van der Waals surface area contributed by atoms with Crippen molar-refractivity contribution in [3.8, 4) is 5.75 Å². The summed E-state index contributed by atoms with van der Waals surface area (Å²) in [5.41, 5.74) is 1.34. The van der Waals surface area contributed by atoms with Gasteiger partial charge in [0.2, 0.25) is 0 Å². The monoisotopic (exact) mass is 247 g/mol. The number of benzene rings is 2. The first-order valence-electron chi connectivity index (χ1n) is 5.72. The summed E-state index contributed by atoms with van der Waals surface area (Å²) in [5.74, 6) is 1.63. The second-order valence-corrected chi connectivity index (χ2v) is 4.27. The Hall–Kier alpha value is -1.19. The summed E-state index contributed by atoms with van der Waals surface area (Å²) in [4.78, 5) is 0. The van der Waals surface area contributed by atoms with Crippen molar-refractivity contribution < 1.29 is 4.74 Å². The van der Waals surface area contributed by atoms with E-state index in [0.29, 0.717) is 0 Å². The highest BCUT2D eigenvalue weighted by atomic mass is 32.1. The van der Waals surface area contributed by atoms with Gasteiger partial charge in [-0.25, -0.2) is 0 Å². The summed E-state index contributed by atoms with van der Waals surface area (Å²) >= 11 is 4.12. The van der Waals surface area contributed by atoms with Crippen molar-refractivity contribution >= 4 is 23.4 Å². The molecule has 90 valence electrons. The van der Waals surface area contributed by atoms with Gasteiger partial charge in [0, 0.05) is 5.88 Å². The molecule has 0 saturated carbocycles. The number of ether oxygens (including phenoxy) is 1. The van der Waals surface area contributed by atoms with E-state index in [4.69, 9.17) is 4.74 Å². The first-order chi connectivity index (χ1) is 8.33. The third-order valence-corrected chi connectivity index (χ3v) is 3.04. The van der Waals surface area contributed by atoms with Crippen LogP contribution < -0.4 is 10.1 Å². The molecule has 2 aromatic rings. The van der Waals surface area contributed by atoms with Gasteiger partial charge in [0.05, 0.1) is 7.11 Å². The van der Waals surface area contributed by atoms with Crippen LogP contribution in [0, 0.1) is 0 Å². The molecular weight excluding hydrogens is 230 g/mol. The highest BCUT2D eigenvalue weighted by Crippen LogP contribution is 2.21. The normalized spacial score (nSPS) is 10.7. The van der Waals surface area contributed by atoms with Crippen LogP contribution in [0.2, 0.25) is 0 Å². The second kappa shape index (κ2) is 5.94. The Morgan fingerprint density at radius 1 is 1.12 bits per heavy atom. The summed E-state index contributed by atoms with van der Waals surface area (Å²) < 4.78 is 5.21. The van der Waals surface area contributed by atoms with Crippen molar-refractivity contribution in [2.45, 2.75) is 6.42 Å². The van der Waals surface area contributed by atoms with Crippen LogP contribution in [0.1, 0.15) is 5.56 Å². The molecule has 0 unspecified atom stereocenters. The van der Waals surface area contributed by atoms with E-state index in [-0.39, 0.29) is 0 Å². The van der Waals surface area contributed by atoms with E-state index in [9.17, 15) is 0 Å². The first kappa shape index (κ1) is 12.3. The molecular formula is C14H17NOS. The van der Waals surface area contributed by atoms with Crippen LogP contribution in [0.25, 0.3) is 10.8 Å². The molecule has 0 radical (unpaired) electrons. The van der Waals surface area contributed by atoms with E-state index in [0.717, 1.165) is 24.6 Å². The fourth-order valence-corrected chi connectivity index (χ4v) is 2.03. The third-order valence-electron chi connectivity index (χ3n) is 2.81. The van der Waals surface area contributed by atoms with E-state index in [2.05, 4.69) is 48.3 Å². The molecule has 0 atom stereocenters. The predicted molar refractivity (Wildman–Crippen MR) is 76.1 cm³/mol. The molecule has 0 aromatic heterocycles. The number of fused-ring (bicyclic) bond motifs is 1. The highest BCUT2D eigenvalue weighted by Gasteiger charge is 1.98. The Morgan fingerprint density at radius 3 is 2.65 bits per heavy atom. The van der Waals surface area contributed by atoms with E-state index in [1.807, 2.05) is 6.07 Å². The zero-order chi connectivity index (χ0) is 12.1. The van der Waals surface area contributed by atoms with Gasteiger partial charge >= 0.3 is 0 Å². The molecule has 0 bridgehead atoms. The standard InChI is InChI=1S/C14H17NOS/c1-16-14-5-4-12-8-11(6-7-15-10-17)2-3-13(12)9-14/h2-5,8-9,15,17H,6-7,10H2,1H3. The molecule has 0 aliphatic carbocycles. The van der Waals surface area contributed by atoms with E-state index < -0.39 is 0 Å². The van der Waals surface area contributed by atoms with Crippen LogP contribution in [0.4, 0.5) is 0 Å². The number of rotatable bonds is 5. The Balaban J connectivity index is 2.19. The lowest BCUT2D eigenvalue weighted by atomic mass is 10.0. The Labute approximate surface area is 107 Å². The molecule has 0 saturated heterocycles. The van der Waals surface area contributed by atoms with Crippen molar-refractivity contribution in [2.24, 2.45) is 0 Å². The minimum atomic E-state index is 0.727. The molecule has 17 heavy (non-hydrogen) atoms. The molecule has 0 fully saturated rings. The molecule has 2 aromatic carbocycles. The van der Waals surface area contributed by atoms with Crippen molar-refractivity contribution in [3.63, 3.8) is 0 Å². The molecule has 1 N–H and O–H groups in total. The predicted octanol–water partition coefficient (Wildman–Crippen LogP) is 2.87. The maximum atomic E-state index is 5.21. The summed E-state index contributed by atoms with van der Waals surface area (Å²) in [6.07, 6.45) is 1.03. The molecule has 3 heteroatoms. The van der Waals surface area contributed by atoms with Gasteiger partial charge in [0.1, 0.15) is 5.75 Å². The van der Waals surface area contributed by atoms with E-state index >= 15 is 0 Å². The summed E-state index contributed by atoms with van der Waals surface area (Å²) in [6, 6.07) is 12.7. The largest absolute Gasteiger partial charge is 0.497 e. The molecule has 0 aliphatic heterocycles. The highest BCUT2D eigenvalue weighted by molar-refractivity contribution is 7.80. The lowest BCUT2D eigenvalue weighted by Crippen LogP contribution is -2.14. The van der Waals surface area contributed by atoms with Gasteiger partial charge in [-0.2, -0.15) is 12.6 Å². The summed E-state index contributed by atoms with van der Waals surface area (Å²) in [5, 5.41) is 5.68. The minimum Gasteiger partial charge on any atom is -0.497 e. The zero-order valence-electron chi connectivity index (χ0n) is 9.94. The molecule has 0 amide bonds. The van der Waals surface area contributed by atoms with Crippen LogP contribution in [-0.4, -0.2) is 19.5 Å². The molecule has 0 aliphatic rings. The first-order valence-corrected chi connectivity index (χ1v) is 6.35. The van der Waals surface area contributed by atoms with Gasteiger partial charge in [-0.3, -0.25) is 0 Å². The van der Waals surface area contributed by atoms with Gasteiger partial charge in [-0.1, -0.05) is 24.3 Å². The fourth-order valence-electron chi connectivity index (χ4n) is 1.87. The average molecular weight is 247 g/mol. The van der Waals surface area contributed by atoms with Crippen LogP contribution in [0.3, 0.4) is 0 Å². The molecule has 0 spiro atoms. The Bertz CT molecular complexity index is 499. The Kier molecular flexibility index (Phi) is 4.29. The van der Waals surface area contributed by atoms with E-state index in [1.165, 1.54) is 16.3 Å². The second-order valence-electron chi connectivity index (χ2n) is 3.96. The van der Waals surface area contributed by atoms with Crippen molar-refractivity contribution in [2.75, 3.05) is 19.5 Å². The van der Waals surface area contributed by atoms with Gasteiger partial charge in [0.25, 0.3) is 0 Å². The minimum absolute atomic E-state index is 0.727. The average Bonchev–Trinajstić information content (AvgIpc) is 2.38. The van der Waals surface area contributed by atoms with E-state index in [1.54, 1.807) is 7.11 Å². The molecule has 0 heterocycles. The number of thiol groups is 1. The lowest BCUT2D eigenvalue weighted by Gasteiger charge is -2.06. The van der Waals surface area contributed by atoms with Gasteiger partial charge in [0.15, 0.2) is 0 Å². The Morgan fingerprint density at radius 2 is 1.88 bits per heavy atom. The quantitative estimate of drug-likeness (QED) is 0.481.